The summed E-state index contributed by atoms with van der Waals surface area (Å²) >= 11 is 0. The Balaban J connectivity index is 1.66. The van der Waals surface area contributed by atoms with Gasteiger partial charge in [-0.15, -0.1) is 0 Å². The van der Waals surface area contributed by atoms with Crippen molar-refractivity contribution in [3.05, 3.63) is 65.7 Å². The molecule has 1 aliphatic rings. The van der Waals surface area contributed by atoms with Gasteiger partial charge >= 0.3 is 0 Å². The van der Waals surface area contributed by atoms with Crippen molar-refractivity contribution in [2.75, 3.05) is 30.4 Å². The summed E-state index contributed by atoms with van der Waals surface area (Å²) in [4.78, 5) is 19.9. The smallest absolute Gasteiger partial charge is 0.276 e. The standard InChI is InChI=1S/C27H34N4O2/c1-4-21-12-9-18-31(19-17-21)25-16-14-23(20-29-25)30-27(32)26(28-5-2)24(33-3)15-13-22-10-7-6-8-11-22/h2,6-8,10-11,14,16,20-21,28H,4,9,12-13,15,17-19H2,1,3H3,(H,30,32)/b26-24-. The molecule has 1 unspecified atom stereocenters. The maximum atomic E-state index is 13.0. The molecule has 33 heavy (non-hydrogen) atoms. The lowest BCUT2D eigenvalue weighted by atomic mass is 9.98. The zero-order valence-corrected chi connectivity index (χ0v) is 19.6. The number of carbonyl (C=O) groups excluding carboxylic acids is 1. The minimum absolute atomic E-state index is 0.234. The van der Waals surface area contributed by atoms with E-state index < -0.39 is 0 Å². The number of nitrogens with one attached hydrogen (secondary N) is 2. The van der Waals surface area contributed by atoms with Crippen molar-refractivity contribution in [1.29, 1.82) is 0 Å². The summed E-state index contributed by atoms with van der Waals surface area (Å²) in [6.07, 6.45) is 13.3. The quantitative estimate of drug-likeness (QED) is 0.253. The van der Waals surface area contributed by atoms with E-state index in [1.807, 2.05) is 42.5 Å². The summed E-state index contributed by atoms with van der Waals surface area (Å²) in [5, 5.41) is 5.59. The number of pyridine rings is 1. The van der Waals surface area contributed by atoms with Crippen molar-refractivity contribution in [3.63, 3.8) is 0 Å². The molecule has 1 atom stereocenters. The topological polar surface area (TPSA) is 66.5 Å². The van der Waals surface area contributed by atoms with Crippen molar-refractivity contribution in [2.45, 2.75) is 45.4 Å². The number of rotatable bonds is 9. The van der Waals surface area contributed by atoms with Crippen LogP contribution in [0.5, 0.6) is 0 Å². The molecule has 0 saturated carbocycles. The molecule has 2 N–H and O–H groups in total. The SMILES string of the molecule is C#CN/C(C(=O)Nc1ccc(N2CCCC(CC)CC2)nc1)=C(/CCc1ccccc1)OC. The number of hydrogen-bond donors (Lipinski definition) is 2. The summed E-state index contributed by atoms with van der Waals surface area (Å²) in [6, 6.07) is 16.2. The van der Waals surface area contributed by atoms with E-state index in [1.165, 1.54) is 25.7 Å². The van der Waals surface area contributed by atoms with Gasteiger partial charge in [0.2, 0.25) is 0 Å². The molecule has 0 spiro atoms. The van der Waals surface area contributed by atoms with Gasteiger partial charge in [-0.05, 0) is 49.3 Å². The fourth-order valence-corrected chi connectivity index (χ4v) is 4.20. The maximum Gasteiger partial charge on any atom is 0.276 e. The first-order valence-electron chi connectivity index (χ1n) is 11.7. The van der Waals surface area contributed by atoms with Gasteiger partial charge in [-0.3, -0.25) is 4.79 Å². The zero-order chi connectivity index (χ0) is 23.5. The highest BCUT2D eigenvalue weighted by Crippen LogP contribution is 2.24. The number of amides is 1. The van der Waals surface area contributed by atoms with Crippen LogP contribution in [-0.2, 0) is 16.0 Å². The van der Waals surface area contributed by atoms with Crippen molar-refractivity contribution >= 4 is 17.4 Å². The molecule has 3 rings (SSSR count). The zero-order valence-electron chi connectivity index (χ0n) is 19.6. The first-order valence-corrected chi connectivity index (χ1v) is 11.7. The van der Waals surface area contributed by atoms with E-state index in [-0.39, 0.29) is 11.6 Å². The van der Waals surface area contributed by atoms with Crippen LogP contribution in [0.2, 0.25) is 0 Å². The van der Waals surface area contributed by atoms with Crippen molar-refractivity contribution in [2.24, 2.45) is 5.92 Å². The minimum Gasteiger partial charge on any atom is -0.499 e. The number of hydrogen-bond acceptors (Lipinski definition) is 5. The van der Waals surface area contributed by atoms with Crippen LogP contribution in [0.1, 0.15) is 44.6 Å². The van der Waals surface area contributed by atoms with Crippen LogP contribution in [0.4, 0.5) is 11.5 Å². The normalized spacial score (nSPS) is 16.8. The molecule has 0 aliphatic carbocycles. The van der Waals surface area contributed by atoms with Crippen LogP contribution in [0.25, 0.3) is 0 Å². The second-order valence-electron chi connectivity index (χ2n) is 8.31. The average molecular weight is 447 g/mol. The number of nitrogens with zero attached hydrogens (tertiary/aromatic N) is 2. The third kappa shape index (κ3) is 7.01. The second-order valence-corrected chi connectivity index (χ2v) is 8.31. The lowest BCUT2D eigenvalue weighted by Gasteiger charge is -2.22. The molecule has 174 valence electrons. The van der Waals surface area contributed by atoms with Crippen molar-refractivity contribution in [1.82, 2.24) is 10.3 Å². The summed E-state index contributed by atoms with van der Waals surface area (Å²) in [5.41, 5.74) is 2.00. The summed E-state index contributed by atoms with van der Waals surface area (Å²) < 4.78 is 5.51. The number of aryl methyl sites for hydroxylation is 1. The monoisotopic (exact) mass is 446 g/mol. The Morgan fingerprint density at radius 2 is 2.03 bits per heavy atom. The summed E-state index contributed by atoms with van der Waals surface area (Å²) in [5.74, 6) is 1.91. The Labute approximate surface area is 197 Å². The Kier molecular flexibility index (Phi) is 9.19. The Bertz CT molecular complexity index is 964. The number of anilines is 2. The molecule has 2 heterocycles. The number of allylic oxidation sites excluding steroid dienone is 1. The van der Waals surface area contributed by atoms with Crippen LogP contribution in [0.3, 0.4) is 0 Å². The number of terminal acetylenes is 1. The van der Waals surface area contributed by atoms with Gasteiger partial charge in [-0.25, -0.2) is 4.98 Å². The highest BCUT2D eigenvalue weighted by Gasteiger charge is 2.19. The largest absolute Gasteiger partial charge is 0.499 e. The van der Waals surface area contributed by atoms with Gasteiger partial charge in [0.25, 0.3) is 5.91 Å². The van der Waals surface area contributed by atoms with Gasteiger partial charge in [0.1, 0.15) is 17.3 Å². The third-order valence-corrected chi connectivity index (χ3v) is 6.19. The predicted octanol–water partition coefficient (Wildman–Crippen LogP) is 4.71. The highest BCUT2D eigenvalue weighted by atomic mass is 16.5. The molecule has 2 aromatic rings. The molecule has 1 fully saturated rings. The van der Waals surface area contributed by atoms with Gasteiger partial charge < -0.3 is 20.3 Å². The molecule has 0 bridgehead atoms. The van der Waals surface area contributed by atoms with Gasteiger partial charge in [-0.2, -0.15) is 0 Å². The number of methoxy groups -OCH3 is 1. The minimum atomic E-state index is -0.354. The van der Waals surface area contributed by atoms with Gasteiger partial charge in [0.15, 0.2) is 0 Å². The molecule has 1 saturated heterocycles. The Morgan fingerprint density at radius 3 is 2.70 bits per heavy atom. The highest BCUT2D eigenvalue weighted by molar-refractivity contribution is 6.03. The van der Waals surface area contributed by atoms with E-state index in [2.05, 4.69) is 33.5 Å². The fraction of sp³-hybridized carbons (Fsp3) is 0.407. The first-order chi connectivity index (χ1) is 16.1. The molecule has 6 heteroatoms. The lowest BCUT2D eigenvalue weighted by Crippen LogP contribution is -2.26. The lowest BCUT2D eigenvalue weighted by molar-refractivity contribution is -0.113. The second kappa shape index (κ2) is 12.5. The van der Waals surface area contributed by atoms with E-state index >= 15 is 0 Å². The van der Waals surface area contributed by atoms with Crippen LogP contribution in [0, 0.1) is 18.4 Å². The van der Waals surface area contributed by atoms with E-state index in [0.717, 1.165) is 36.8 Å². The molecule has 6 nitrogen and oxygen atoms in total. The van der Waals surface area contributed by atoms with Gasteiger partial charge in [0, 0.05) is 25.6 Å². The van der Waals surface area contributed by atoms with E-state index in [9.17, 15) is 4.79 Å². The number of benzene rings is 1. The van der Waals surface area contributed by atoms with Crippen LogP contribution < -0.4 is 15.5 Å². The van der Waals surface area contributed by atoms with Crippen molar-refractivity contribution in [3.8, 4) is 12.5 Å². The van der Waals surface area contributed by atoms with Gasteiger partial charge in [0.05, 0.1) is 19.0 Å². The molecule has 1 aliphatic heterocycles. The van der Waals surface area contributed by atoms with Crippen LogP contribution >= 0.6 is 0 Å². The predicted molar refractivity (Wildman–Crippen MR) is 133 cm³/mol. The Hall–Kier alpha value is -3.46. The molecule has 1 aromatic heterocycles. The number of carbonyl (C=O) groups is 1. The first kappa shape index (κ1) is 24.2. The molecule has 1 aromatic carbocycles. The third-order valence-electron chi connectivity index (χ3n) is 6.19. The average Bonchev–Trinajstić information content (AvgIpc) is 3.10. The molecular formula is C27H34N4O2. The number of ether oxygens (including phenoxy) is 1. The number of aromatic nitrogens is 1. The van der Waals surface area contributed by atoms with Crippen LogP contribution in [-0.4, -0.2) is 31.1 Å². The molecule has 0 radical (unpaired) electrons. The molecular weight excluding hydrogens is 412 g/mol. The Morgan fingerprint density at radius 1 is 1.21 bits per heavy atom. The molecule has 1 amide bonds. The van der Waals surface area contributed by atoms with Gasteiger partial charge in [-0.1, -0.05) is 50.1 Å². The van der Waals surface area contributed by atoms with E-state index in [0.29, 0.717) is 17.9 Å². The van der Waals surface area contributed by atoms with Crippen LogP contribution in [0.15, 0.2) is 60.1 Å². The fourth-order valence-electron chi connectivity index (χ4n) is 4.20. The van der Waals surface area contributed by atoms with Crippen molar-refractivity contribution < 1.29 is 9.53 Å². The maximum absolute atomic E-state index is 13.0. The van der Waals surface area contributed by atoms with E-state index in [4.69, 9.17) is 11.2 Å². The van der Waals surface area contributed by atoms with E-state index in [1.54, 1.807) is 13.3 Å². The summed E-state index contributed by atoms with van der Waals surface area (Å²) in [7, 11) is 1.55. The summed E-state index contributed by atoms with van der Waals surface area (Å²) in [6.45, 7) is 4.31.